The lowest BCUT2D eigenvalue weighted by molar-refractivity contribution is 0.293. The smallest absolute Gasteiger partial charge is 0.295 e. The van der Waals surface area contributed by atoms with Crippen LogP contribution >= 0.6 is 11.3 Å². The molecule has 0 radical (unpaired) electrons. The first-order chi connectivity index (χ1) is 10.0. The van der Waals surface area contributed by atoms with Crippen LogP contribution in [0.25, 0.3) is 4.96 Å². The van der Waals surface area contributed by atoms with Gasteiger partial charge in [-0.3, -0.25) is 9.20 Å². The summed E-state index contributed by atoms with van der Waals surface area (Å²) in [4.78, 5) is 17.2. The van der Waals surface area contributed by atoms with Crippen LogP contribution in [0.15, 0.2) is 35.3 Å². The average molecular weight is 308 g/mol. The van der Waals surface area contributed by atoms with Gasteiger partial charge in [0, 0.05) is 11.1 Å². The highest BCUT2D eigenvalue weighted by atomic mass is 32.1. The molecule has 21 heavy (non-hydrogen) atoms. The minimum Gasteiger partial charge on any atom is -0.487 e. The largest absolute Gasteiger partial charge is 0.487 e. The normalized spacial score (nSPS) is 11.0. The van der Waals surface area contributed by atoms with E-state index in [1.165, 1.54) is 40.0 Å². The van der Waals surface area contributed by atoms with E-state index in [1.807, 2.05) is 6.92 Å². The summed E-state index contributed by atoms with van der Waals surface area (Å²) < 4.78 is 33.3. The lowest BCUT2D eigenvalue weighted by Crippen LogP contribution is -2.20. The molecule has 0 bridgehead atoms. The molecule has 0 aliphatic rings. The molecule has 0 fully saturated rings. The fourth-order valence-corrected chi connectivity index (χ4v) is 2.69. The predicted molar refractivity (Wildman–Crippen MR) is 74.8 cm³/mol. The maximum absolute atomic E-state index is 14.0. The van der Waals surface area contributed by atoms with E-state index < -0.39 is 11.4 Å². The molecule has 0 saturated carbocycles. The van der Waals surface area contributed by atoms with Gasteiger partial charge in [0.2, 0.25) is 5.82 Å². The van der Waals surface area contributed by atoms with Gasteiger partial charge >= 0.3 is 0 Å². The van der Waals surface area contributed by atoms with Crippen LogP contribution in [-0.2, 0) is 6.61 Å². The second kappa shape index (κ2) is 5.25. The molecule has 0 unspecified atom stereocenters. The zero-order valence-electron chi connectivity index (χ0n) is 11.0. The third kappa shape index (κ3) is 2.64. The number of ether oxygens (including phenoxy) is 1. The van der Waals surface area contributed by atoms with E-state index in [0.29, 0.717) is 10.7 Å². The van der Waals surface area contributed by atoms with E-state index >= 15 is 0 Å². The van der Waals surface area contributed by atoms with Crippen LogP contribution in [0.2, 0.25) is 0 Å². The zero-order chi connectivity index (χ0) is 15.0. The van der Waals surface area contributed by atoms with Gasteiger partial charge < -0.3 is 4.74 Å². The van der Waals surface area contributed by atoms with Crippen LogP contribution in [0.3, 0.4) is 0 Å². The predicted octanol–water partition coefficient (Wildman–Crippen LogP) is 2.92. The number of aryl methyl sites for hydroxylation is 1. The van der Waals surface area contributed by atoms with Crippen LogP contribution in [0.1, 0.15) is 10.6 Å². The minimum absolute atomic E-state index is 0.0637. The zero-order valence-corrected chi connectivity index (χ0v) is 11.8. The van der Waals surface area contributed by atoms with Crippen molar-refractivity contribution in [2.24, 2.45) is 0 Å². The Hall–Kier alpha value is -2.28. The highest BCUT2D eigenvalue weighted by Gasteiger charge is 2.14. The van der Waals surface area contributed by atoms with Crippen LogP contribution in [0.5, 0.6) is 5.75 Å². The van der Waals surface area contributed by atoms with Gasteiger partial charge in [-0.05, 0) is 31.2 Å². The standard InChI is InChI=1S/C14H10F2N2O2S/c1-8-6-18-13(19)12(16)11(17-14(18)21-8)7-20-10-4-2-9(15)3-5-10/h2-6H,7H2,1H3. The van der Waals surface area contributed by atoms with Crippen molar-refractivity contribution in [3.05, 3.63) is 63.0 Å². The molecule has 0 spiro atoms. The Morgan fingerprint density at radius 2 is 2.00 bits per heavy atom. The van der Waals surface area contributed by atoms with Crippen molar-refractivity contribution in [2.75, 3.05) is 0 Å². The summed E-state index contributed by atoms with van der Waals surface area (Å²) in [6.07, 6.45) is 1.54. The number of aromatic nitrogens is 2. The number of hydrogen-bond acceptors (Lipinski definition) is 4. The molecule has 0 aliphatic carbocycles. The molecule has 2 aromatic heterocycles. The van der Waals surface area contributed by atoms with Crippen LogP contribution in [0, 0.1) is 18.6 Å². The van der Waals surface area contributed by atoms with Crippen molar-refractivity contribution in [3.8, 4) is 5.75 Å². The monoisotopic (exact) mass is 308 g/mol. The number of benzene rings is 1. The molecule has 108 valence electrons. The number of hydrogen-bond donors (Lipinski definition) is 0. The molecule has 0 atom stereocenters. The van der Waals surface area contributed by atoms with E-state index in [0.717, 1.165) is 4.88 Å². The molecule has 0 N–H and O–H groups in total. The number of thiazole rings is 1. The van der Waals surface area contributed by atoms with Gasteiger partial charge in [0.05, 0.1) is 0 Å². The highest BCUT2D eigenvalue weighted by Crippen LogP contribution is 2.17. The lowest BCUT2D eigenvalue weighted by Gasteiger charge is -2.06. The molecular weight excluding hydrogens is 298 g/mol. The summed E-state index contributed by atoms with van der Waals surface area (Å²) in [6, 6.07) is 5.32. The molecule has 0 amide bonds. The highest BCUT2D eigenvalue weighted by molar-refractivity contribution is 7.16. The molecule has 0 saturated heterocycles. The lowest BCUT2D eigenvalue weighted by atomic mass is 10.3. The van der Waals surface area contributed by atoms with Crippen LogP contribution in [0.4, 0.5) is 8.78 Å². The topological polar surface area (TPSA) is 43.6 Å². The fraction of sp³-hybridized carbons (Fsp3) is 0.143. The summed E-state index contributed by atoms with van der Waals surface area (Å²) in [7, 11) is 0. The third-order valence-corrected chi connectivity index (χ3v) is 3.75. The summed E-state index contributed by atoms with van der Waals surface area (Å²) in [5, 5.41) is 0. The van der Waals surface area contributed by atoms with Crippen molar-refractivity contribution < 1.29 is 13.5 Å². The first-order valence-corrected chi connectivity index (χ1v) is 6.92. The Morgan fingerprint density at radius 1 is 1.29 bits per heavy atom. The average Bonchev–Trinajstić information content (AvgIpc) is 2.84. The molecule has 3 rings (SSSR count). The van der Waals surface area contributed by atoms with Crippen LogP contribution in [-0.4, -0.2) is 9.38 Å². The Kier molecular flexibility index (Phi) is 3.42. The Morgan fingerprint density at radius 3 is 2.71 bits per heavy atom. The Balaban J connectivity index is 1.91. The second-order valence-electron chi connectivity index (χ2n) is 4.41. The molecule has 7 heteroatoms. The van der Waals surface area contributed by atoms with Crippen molar-refractivity contribution in [2.45, 2.75) is 13.5 Å². The number of fused-ring (bicyclic) bond motifs is 1. The van der Waals surface area contributed by atoms with Crippen molar-refractivity contribution in [1.82, 2.24) is 9.38 Å². The SMILES string of the molecule is Cc1cn2c(=O)c(F)c(COc3ccc(F)cc3)nc2s1. The Labute approximate surface area is 122 Å². The van der Waals surface area contributed by atoms with Gasteiger partial charge in [0.15, 0.2) is 4.96 Å². The first kappa shape index (κ1) is 13.7. The maximum atomic E-state index is 14.0. The van der Waals surface area contributed by atoms with E-state index in [9.17, 15) is 13.6 Å². The second-order valence-corrected chi connectivity index (χ2v) is 5.63. The van der Waals surface area contributed by atoms with E-state index in [4.69, 9.17) is 4.74 Å². The van der Waals surface area contributed by atoms with Gasteiger partial charge in [-0.2, -0.15) is 4.39 Å². The van der Waals surface area contributed by atoms with Crippen molar-refractivity contribution in [3.63, 3.8) is 0 Å². The van der Waals surface area contributed by atoms with Crippen molar-refractivity contribution in [1.29, 1.82) is 0 Å². The van der Waals surface area contributed by atoms with Crippen LogP contribution < -0.4 is 10.3 Å². The maximum Gasteiger partial charge on any atom is 0.295 e. The summed E-state index contributed by atoms with van der Waals surface area (Å²) in [5.41, 5.74) is -0.812. The van der Waals surface area contributed by atoms with Gasteiger partial charge in [0.25, 0.3) is 5.56 Å². The molecule has 1 aromatic carbocycles. The summed E-state index contributed by atoms with van der Waals surface area (Å²) in [6.45, 7) is 1.62. The summed E-state index contributed by atoms with van der Waals surface area (Å²) >= 11 is 1.29. The number of rotatable bonds is 3. The summed E-state index contributed by atoms with van der Waals surface area (Å²) in [5.74, 6) is -0.951. The molecule has 3 aromatic rings. The molecule has 0 aliphatic heterocycles. The first-order valence-electron chi connectivity index (χ1n) is 6.10. The minimum atomic E-state index is -0.938. The number of nitrogens with zero attached hydrogens (tertiary/aromatic N) is 2. The number of halogens is 2. The van der Waals surface area contributed by atoms with Gasteiger partial charge in [-0.25, -0.2) is 9.37 Å². The molecule has 2 heterocycles. The van der Waals surface area contributed by atoms with E-state index in [2.05, 4.69) is 4.98 Å². The van der Waals surface area contributed by atoms with Gasteiger partial charge in [0.1, 0.15) is 23.9 Å². The quantitative estimate of drug-likeness (QED) is 0.747. The van der Waals surface area contributed by atoms with E-state index in [-0.39, 0.29) is 18.1 Å². The van der Waals surface area contributed by atoms with Crippen molar-refractivity contribution >= 4 is 16.3 Å². The molecule has 4 nitrogen and oxygen atoms in total. The third-order valence-electron chi connectivity index (χ3n) is 2.85. The van der Waals surface area contributed by atoms with E-state index in [1.54, 1.807) is 6.20 Å². The fourth-order valence-electron chi connectivity index (χ4n) is 1.85. The Bertz CT molecular complexity index is 856. The molecular formula is C14H10F2N2O2S. The van der Waals surface area contributed by atoms with Gasteiger partial charge in [-0.15, -0.1) is 11.3 Å². The van der Waals surface area contributed by atoms with Gasteiger partial charge in [-0.1, -0.05) is 0 Å².